The molecule has 2 aromatic carbocycles. The fourth-order valence-corrected chi connectivity index (χ4v) is 4.18. The number of aryl methyl sites for hydroxylation is 1. The zero-order valence-corrected chi connectivity index (χ0v) is 17.7. The Bertz CT molecular complexity index is 850. The molecule has 2 aromatic rings. The first-order chi connectivity index (χ1) is 14.7. The van der Waals surface area contributed by atoms with Gasteiger partial charge in [-0.1, -0.05) is 30.3 Å². The summed E-state index contributed by atoms with van der Waals surface area (Å²) in [5, 5.41) is 7.17. The number of hydrogen-bond donors (Lipinski definition) is 2. The van der Waals surface area contributed by atoms with Crippen molar-refractivity contribution in [1.82, 2.24) is 5.32 Å². The molecule has 1 heterocycles. The molecule has 0 radical (unpaired) electrons. The second kappa shape index (κ2) is 9.98. The molecule has 0 bridgehead atoms. The molecule has 4 rings (SSSR count). The molecule has 2 aliphatic rings. The van der Waals surface area contributed by atoms with E-state index in [-0.39, 0.29) is 12.1 Å². The number of methoxy groups -OCH3 is 1. The highest BCUT2D eigenvalue weighted by Gasteiger charge is 2.34. The number of fused-ring (bicyclic) bond motifs is 1. The second-order valence-electron chi connectivity index (χ2n) is 8.35. The summed E-state index contributed by atoms with van der Waals surface area (Å²) in [6, 6.07) is 16.1. The van der Waals surface area contributed by atoms with Crippen molar-refractivity contribution in [3.63, 3.8) is 0 Å². The van der Waals surface area contributed by atoms with Crippen molar-refractivity contribution in [2.24, 2.45) is 5.92 Å². The van der Waals surface area contributed by atoms with Gasteiger partial charge in [0.05, 0.1) is 19.8 Å². The molecular weight excluding hydrogens is 376 g/mol. The van der Waals surface area contributed by atoms with Gasteiger partial charge >= 0.3 is 0 Å². The molecule has 0 saturated heterocycles. The molecule has 0 amide bonds. The number of carbonyl (C=O) groups excluding carboxylic acids is 1. The molecule has 1 aliphatic heterocycles. The van der Waals surface area contributed by atoms with Crippen LogP contribution in [0, 0.1) is 5.92 Å². The molecular formula is C25H32N2O3. The van der Waals surface area contributed by atoms with Gasteiger partial charge in [-0.3, -0.25) is 4.79 Å². The minimum absolute atomic E-state index is 0.140. The van der Waals surface area contributed by atoms with Gasteiger partial charge in [0, 0.05) is 18.2 Å². The monoisotopic (exact) mass is 408 g/mol. The predicted molar refractivity (Wildman–Crippen MR) is 119 cm³/mol. The van der Waals surface area contributed by atoms with Gasteiger partial charge in [-0.25, -0.2) is 0 Å². The van der Waals surface area contributed by atoms with E-state index in [1.54, 1.807) is 7.11 Å². The Morgan fingerprint density at radius 2 is 1.87 bits per heavy atom. The Morgan fingerprint density at radius 1 is 1.10 bits per heavy atom. The number of Topliss-reactive ketones (excluding diaryl/α,β-unsaturated/α-hetero) is 1. The fraction of sp³-hybridized carbons (Fsp3) is 0.480. The molecule has 1 fully saturated rings. The third kappa shape index (κ3) is 5.33. The topological polar surface area (TPSA) is 59.6 Å². The van der Waals surface area contributed by atoms with E-state index in [0.717, 1.165) is 37.3 Å². The number of benzene rings is 2. The number of anilines is 1. The van der Waals surface area contributed by atoms with Crippen LogP contribution in [-0.2, 0) is 11.2 Å². The summed E-state index contributed by atoms with van der Waals surface area (Å²) in [7, 11) is 1.65. The zero-order valence-electron chi connectivity index (χ0n) is 17.7. The van der Waals surface area contributed by atoms with E-state index in [2.05, 4.69) is 34.9 Å². The molecule has 5 nitrogen and oxygen atoms in total. The Labute approximate surface area is 179 Å². The Balaban J connectivity index is 1.31. The van der Waals surface area contributed by atoms with Crippen molar-refractivity contribution in [3.8, 4) is 11.5 Å². The lowest BCUT2D eigenvalue weighted by Gasteiger charge is -2.33. The maximum absolute atomic E-state index is 13.0. The molecule has 30 heavy (non-hydrogen) atoms. The van der Waals surface area contributed by atoms with E-state index in [1.807, 2.05) is 24.3 Å². The van der Waals surface area contributed by atoms with Crippen LogP contribution in [-0.4, -0.2) is 38.1 Å². The average molecular weight is 409 g/mol. The summed E-state index contributed by atoms with van der Waals surface area (Å²) in [5.74, 6) is 2.45. The number of nitrogens with one attached hydrogen (secondary N) is 2. The number of ketones is 1. The van der Waals surface area contributed by atoms with Gasteiger partial charge in [0.2, 0.25) is 0 Å². The van der Waals surface area contributed by atoms with Crippen LogP contribution in [0.5, 0.6) is 11.5 Å². The van der Waals surface area contributed by atoms with Crippen LogP contribution in [0.25, 0.3) is 0 Å². The van der Waals surface area contributed by atoms with Gasteiger partial charge in [0.1, 0.15) is 0 Å². The van der Waals surface area contributed by atoms with Gasteiger partial charge in [-0.2, -0.15) is 0 Å². The minimum Gasteiger partial charge on any atom is -0.493 e. The highest BCUT2D eigenvalue weighted by molar-refractivity contribution is 5.86. The van der Waals surface area contributed by atoms with Gasteiger partial charge < -0.3 is 20.1 Å². The van der Waals surface area contributed by atoms with Gasteiger partial charge in [0.15, 0.2) is 17.3 Å². The van der Waals surface area contributed by atoms with Crippen molar-refractivity contribution in [2.45, 2.75) is 50.6 Å². The van der Waals surface area contributed by atoms with E-state index in [0.29, 0.717) is 24.7 Å². The summed E-state index contributed by atoms with van der Waals surface area (Å²) in [4.78, 5) is 13.0. The molecule has 2 unspecified atom stereocenters. The largest absolute Gasteiger partial charge is 0.493 e. The molecule has 0 spiro atoms. The quantitative estimate of drug-likeness (QED) is 0.545. The van der Waals surface area contributed by atoms with Gasteiger partial charge in [0.25, 0.3) is 0 Å². The minimum atomic E-state index is -0.148. The molecule has 2 N–H and O–H groups in total. The third-order valence-corrected chi connectivity index (χ3v) is 6.03. The smallest absolute Gasteiger partial charge is 0.161 e. The summed E-state index contributed by atoms with van der Waals surface area (Å²) in [6.07, 6.45) is 5.92. The molecule has 0 aromatic heterocycles. The normalized spacial score (nSPS) is 18.8. The predicted octanol–water partition coefficient (Wildman–Crippen LogP) is 4.22. The van der Waals surface area contributed by atoms with Crippen molar-refractivity contribution < 1.29 is 14.3 Å². The molecule has 5 heteroatoms. The Hall–Kier alpha value is -2.53. The highest BCUT2D eigenvalue weighted by Crippen LogP contribution is 2.34. The first-order valence-electron chi connectivity index (χ1n) is 11.1. The molecule has 2 atom stereocenters. The van der Waals surface area contributed by atoms with E-state index in [1.165, 1.54) is 24.1 Å². The van der Waals surface area contributed by atoms with Crippen LogP contribution in [0.4, 0.5) is 5.69 Å². The summed E-state index contributed by atoms with van der Waals surface area (Å²) < 4.78 is 11.2. The van der Waals surface area contributed by atoms with Crippen molar-refractivity contribution in [1.29, 1.82) is 0 Å². The van der Waals surface area contributed by atoms with Crippen molar-refractivity contribution >= 4 is 11.5 Å². The lowest BCUT2D eigenvalue weighted by Crippen LogP contribution is -2.51. The lowest BCUT2D eigenvalue weighted by molar-refractivity contribution is -0.121. The number of hydrogen-bond acceptors (Lipinski definition) is 5. The second-order valence-corrected chi connectivity index (χ2v) is 8.35. The number of rotatable bonds is 11. The summed E-state index contributed by atoms with van der Waals surface area (Å²) in [6.45, 7) is 1.33. The average Bonchev–Trinajstić information content (AvgIpc) is 3.60. The summed E-state index contributed by atoms with van der Waals surface area (Å²) >= 11 is 0. The first-order valence-corrected chi connectivity index (χ1v) is 11.1. The SMILES string of the molecule is COc1ccccc1OCCCNC(C(=O)CC1CC1)C1CCc2ccccc2N1. The highest BCUT2D eigenvalue weighted by atomic mass is 16.5. The van der Waals surface area contributed by atoms with E-state index in [9.17, 15) is 4.79 Å². The van der Waals surface area contributed by atoms with E-state index >= 15 is 0 Å². The zero-order chi connectivity index (χ0) is 20.8. The standard InChI is InChI=1S/C25H32N2O3/c1-29-23-9-4-5-10-24(23)30-16-6-15-26-25(22(28)17-18-11-12-18)21-14-13-19-7-2-3-8-20(19)27-21/h2-5,7-10,18,21,25-27H,6,11-17H2,1H3. The Kier molecular flexibility index (Phi) is 6.90. The van der Waals surface area contributed by atoms with E-state index < -0.39 is 0 Å². The molecule has 1 aliphatic carbocycles. The van der Waals surface area contributed by atoms with E-state index in [4.69, 9.17) is 9.47 Å². The van der Waals surface area contributed by atoms with Crippen LogP contribution in [0.15, 0.2) is 48.5 Å². The third-order valence-electron chi connectivity index (χ3n) is 6.03. The number of ether oxygens (including phenoxy) is 2. The van der Waals surface area contributed by atoms with Gasteiger partial charge in [-0.05, 0) is 68.3 Å². The molecule has 1 saturated carbocycles. The lowest BCUT2D eigenvalue weighted by atomic mass is 9.90. The van der Waals surface area contributed by atoms with Crippen LogP contribution in [0.1, 0.15) is 37.7 Å². The van der Waals surface area contributed by atoms with Crippen molar-refractivity contribution in [3.05, 3.63) is 54.1 Å². The van der Waals surface area contributed by atoms with Crippen LogP contribution >= 0.6 is 0 Å². The van der Waals surface area contributed by atoms with Crippen molar-refractivity contribution in [2.75, 3.05) is 25.6 Å². The number of carbonyl (C=O) groups is 1. The van der Waals surface area contributed by atoms with Gasteiger partial charge in [-0.15, -0.1) is 0 Å². The number of para-hydroxylation sites is 3. The summed E-state index contributed by atoms with van der Waals surface area (Å²) in [5.41, 5.74) is 2.51. The maximum atomic E-state index is 13.0. The fourth-order valence-electron chi connectivity index (χ4n) is 4.18. The Morgan fingerprint density at radius 3 is 2.67 bits per heavy atom. The first kappa shape index (κ1) is 20.7. The van der Waals surface area contributed by atoms with Crippen LogP contribution in [0.2, 0.25) is 0 Å². The molecule has 160 valence electrons. The van der Waals surface area contributed by atoms with Crippen LogP contribution in [0.3, 0.4) is 0 Å². The van der Waals surface area contributed by atoms with Crippen LogP contribution < -0.4 is 20.1 Å². The maximum Gasteiger partial charge on any atom is 0.161 e.